The van der Waals surface area contributed by atoms with Gasteiger partial charge in [-0.2, -0.15) is 0 Å². The summed E-state index contributed by atoms with van der Waals surface area (Å²) in [5.41, 5.74) is 0.657. The number of carboxylic acid groups (broad SMARTS) is 1. The van der Waals surface area contributed by atoms with Crippen LogP contribution in [0.1, 0.15) is 17.2 Å². The van der Waals surface area contributed by atoms with Crippen LogP contribution in [0.4, 0.5) is 8.78 Å². The van der Waals surface area contributed by atoms with E-state index in [1.54, 1.807) is 30.3 Å². The van der Waals surface area contributed by atoms with E-state index in [0.29, 0.717) is 18.5 Å². The van der Waals surface area contributed by atoms with Crippen molar-refractivity contribution in [1.29, 1.82) is 0 Å². The van der Waals surface area contributed by atoms with Gasteiger partial charge in [0.15, 0.2) is 0 Å². The molecule has 2 aromatic carbocycles. The molecular weight excluding hydrogens is 360 g/mol. The summed E-state index contributed by atoms with van der Waals surface area (Å²) in [5, 5.41) is 8.36. The third-order valence-corrected chi connectivity index (χ3v) is 5.59. The number of nitrogens with zero attached hydrogens (tertiary/aromatic N) is 1. The number of carbonyl (C=O) groups is 2. The van der Waals surface area contributed by atoms with Crippen molar-refractivity contribution < 1.29 is 23.5 Å². The summed E-state index contributed by atoms with van der Waals surface area (Å²) >= 11 is 0.934. The van der Waals surface area contributed by atoms with Gasteiger partial charge in [-0.25, -0.2) is 8.78 Å². The van der Waals surface area contributed by atoms with Crippen molar-refractivity contribution in [3.8, 4) is 0 Å². The first-order valence-electron chi connectivity index (χ1n) is 8.14. The number of carbonyl (C=O) groups excluding carboxylic acids is 1. The van der Waals surface area contributed by atoms with Gasteiger partial charge in [-0.05, 0) is 30.2 Å². The maximum Gasteiger partial charge on any atom is 0.308 e. The van der Waals surface area contributed by atoms with E-state index in [1.807, 2.05) is 0 Å². The highest BCUT2D eigenvalue weighted by molar-refractivity contribution is 8.00. The largest absolute Gasteiger partial charge is 0.481 e. The Bertz CT molecular complexity index is 816. The summed E-state index contributed by atoms with van der Waals surface area (Å²) in [6.07, 6.45) is 0.390. The monoisotopic (exact) mass is 377 g/mol. The smallest absolute Gasteiger partial charge is 0.308 e. The zero-order valence-electron chi connectivity index (χ0n) is 13.8. The van der Waals surface area contributed by atoms with Crippen molar-refractivity contribution in [3.05, 3.63) is 65.7 Å². The first-order valence-corrected chi connectivity index (χ1v) is 9.02. The zero-order chi connectivity index (χ0) is 18.7. The van der Waals surface area contributed by atoms with E-state index < -0.39 is 28.8 Å². The summed E-state index contributed by atoms with van der Waals surface area (Å²) in [6, 6.07) is 11.9. The van der Waals surface area contributed by atoms with E-state index in [0.717, 1.165) is 30.0 Å². The molecule has 3 rings (SSSR count). The summed E-state index contributed by atoms with van der Waals surface area (Å²) in [5.74, 6) is -3.00. The maximum atomic E-state index is 14.1. The average Bonchev–Trinajstić information content (AvgIpc) is 3.13. The van der Waals surface area contributed by atoms with Crippen molar-refractivity contribution >= 4 is 23.6 Å². The van der Waals surface area contributed by atoms with Gasteiger partial charge in [0.05, 0.1) is 5.92 Å². The Labute approximate surface area is 153 Å². The number of halogens is 2. The van der Waals surface area contributed by atoms with Gasteiger partial charge in [-0.3, -0.25) is 9.59 Å². The van der Waals surface area contributed by atoms with Gasteiger partial charge in [-0.1, -0.05) is 30.3 Å². The molecule has 1 fully saturated rings. The molecule has 1 saturated heterocycles. The first-order chi connectivity index (χ1) is 12.5. The van der Waals surface area contributed by atoms with E-state index in [2.05, 4.69) is 0 Å². The predicted octanol–water partition coefficient (Wildman–Crippen LogP) is 3.73. The number of hydrogen-bond acceptors (Lipinski definition) is 3. The SMILES string of the molecule is O=C(O)C1CCN(C(=O)C(Sc2cc(F)ccc2F)c2ccccc2)C1. The normalized spacial score (nSPS) is 17.9. The van der Waals surface area contributed by atoms with Gasteiger partial charge in [0, 0.05) is 18.0 Å². The van der Waals surface area contributed by atoms with Crippen LogP contribution in [0, 0.1) is 17.6 Å². The van der Waals surface area contributed by atoms with E-state index in [9.17, 15) is 18.4 Å². The molecule has 1 amide bonds. The van der Waals surface area contributed by atoms with Crippen LogP contribution in [0.2, 0.25) is 0 Å². The molecule has 0 aliphatic carbocycles. The molecule has 0 bridgehead atoms. The molecule has 26 heavy (non-hydrogen) atoms. The Kier molecular flexibility index (Phi) is 5.56. The van der Waals surface area contributed by atoms with Crippen LogP contribution in [0.3, 0.4) is 0 Å². The molecule has 2 atom stereocenters. The lowest BCUT2D eigenvalue weighted by molar-refractivity contribution is -0.141. The minimum absolute atomic E-state index is 0.0428. The average molecular weight is 377 g/mol. The fraction of sp³-hybridized carbons (Fsp3) is 0.263. The second kappa shape index (κ2) is 7.86. The van der Waals surface area contributed by atoms with Crippen LogP contribution in [-0.4, -0.2) is 35.0 Å². The van der Waals surface area contributed by atoms with Crippen molar-refractivity contribution in [2.24, 2.45) is 5.92 Å². The first kappa shape index (κ1) is 18.4. The molecule has 136 valence electrons. The quantitative estimate of drug-likeness (QED) is 0.807. The van der Waals surface area contributed by atoms with E-state index in [1.165, 1.54) is 4.90 Å². The van der Waals surface area contributed by atoms with Crippen LogP contribution in [-0.2, 0) is 9.59 Å². The number of likely N-dealkylation sites (tertiary alicyclic amines) is 1. The summed E-state index contributed by atoms with van der Waals surface area (Å²) in [7, 11) is 0. The Morgan fingerprint density at radius 1 is 1.15 bits per heavy atom. The Hall–Kier alpha value is -2.41. The fourth-order valence-electron chi connectivity index (χ4n) is 2.91. The molecule has 0 saturated carbocycles. The minimum atomic E-state index is -0.930. The van der Waals surface area contributed by atoms with Gasteiger partial charge in [0.2, 0.25) is 5.91 Å². The molecule has 1 aliphatic rings. The second-order valence-corrected chi connectivity index (χ2v) is 7.24. The van der Waals surface area contributed by atoms with Gasteiger partial charge in [0.25, 0.3) is 0 Å². The van der Waals surface area contributed by atoms with Gasteiger partial charge < -0.3 is 10.0 Å². The lowest BCUT2D eigenvalue weighted by Gasteiger charge is -2.23. The summed E-state index contributed by atoms with van der Waals surface area (Å²) in [4.78, 5) is 25.7. The van der Waals surface area contributed by atoms with Crippen LogP contribution >= 0.6 is 11.8 Å². The lowest BCUT2D eigenvalue weighted by Crippen LogP contribution is -2.33. The van der Waals surface area contributed by atoms with Crippen LogP contribution in [0.5, 0.6) is 0 Å². The van der Waals surface area contributed by atoms with Crippen molar-refractivity contribution in [2.75, 3.05) is 13.1 Å². The third-order valence-electron chi connectivity index (χ3n) is 4.31. The second-order valence-electron chi connectivity index (χ2n) is 6.09. The Balaban J connectivity index is 1.88. The predicted molar refractivity (Wildman–Crippen MR) is 93.7 cm³/mol. The van der Waals surface area contributed by atoms with Gasteiger partial charge >= 0.3 is 5.97 Å². The van der Waals surface area contributed by atoms with Crippen molar-refractivity contribution in [1.82, 2.24) is 4.90 Å². The molecule has 1 N–H and O–H groups in total. The molecule has 0 radical (unpaired) electrons. The number of benzene rings is 2. The van der Waals surface area contributed by atoms with E-state index >= 15 is 0 Å². The molecular formula is C19H17F2NO3S. The highest BCUT2D eigenvalue weighted by atomic mass is 32.2. The van der Waals surface area contributed by atoms with Crippen molar-refractivity contribution in [3.63, 3.8) is 0 Å². The Morgan fingerprint density at radius 2 is 1.88 bits per heavy atom. The van der Waals surface area contributed by atoms with Crippen LogP contribution in [0.25, 0.3) is 0 Å². The number of rotatable bonds is 5. The molecule has 1 heterocycles. The van der Waals surface area contributed by atoms with Crippen LogP contribution < -0.4 is 0 Å². The van der Waals surface area contributed by atoms with Gasteiger partial charge in [0.1, 0.15) is 16.9 Å². The maximum absolute atomic E-state index is 14.1. The zero-order valence-corrected chi connectivity index (χ0v) is 14.6. The molecule has 7 heteroatoms. The summed E-state index contributed by atoms with van der Waals surface area (Å²) < 4.78 is 27.6. The molecule has 4 nitrogen and oxygen atoms in total. The van der Waals surface area contributed by atoms with Crippen LogP contribution in [0.15, 0.2) is 53.4 Å². The fourth-order valence-corrected chi connectivity index (χ4v) is 4.07. The lowest BCUT2D eigenvalue weighted by atomic mass is 10.1. The number of hydrogen-bond donors (Lipinski definition) is 1. The topological polar surface area (TPSA) is 57.6 Å². The minimum Gasteiger partial charge on any atom is -0.481 e. The van der Waals surface area contributed by atoms with Crippen molar-refractivity contribution in [2.45, 2.75) is 16.6 Å². The number of thioether (sulfide) groups is 1. The summed E-state index contributed by atoms with van der Waals surface area (Å²) in [6.45, 7) is 0.467. The number of amides is 1. The number of aliphatic carboxylic acids is 1. The Morgan fingerprint density at radius 3 is 2.54 bits per heavy atom. The molecule has 0 spiro atoms. The highest BCUT2D eigenvalue weighted by Crippen LogP contribution is 2.39. The molecule has 0 aromatic heterocycles. The standard InChI is InChI=1S/C19H17F2NO3S/c20-14-6-7-15(21)16(10-14)26-17(12-4-2-1-3-5-12)18(23)22-9-8-13(11-22)19(24)25/h1-7,10,13,17H,8-9,11H2,(H,24,25). The van der Waals surface area contributed by atoms with E-state index in [4.69, 9.17) is 5.11 Å². The molecule has 2 aromatic rings. The highest BCUT2D eigenvalue weighted by Gasteiger charge is 2.35. The van der Waals surface area contributed by atoms with E-state index in [-0.39, 0.29) is 17.3 Å². The molecule has 2 unspecified atom stereocenters. The third kappa shape index (κ3) is 4.04. The van der Waals surface area contributed by atoms with Gasteiger partial charge in [-0.15, -0.1) is 11.8 Å². The molecule has 1 aliphatic heterocycles. The number of carboxylic acids is 1.